The van der Waals surface area contributed by atoms with Crippen molar-refractivity contribution in [2.45, 2.75) is 6.04 Å². The van der Waals surface area contributed by atoms with Gasteiger partial charge < -0.3 is 15.2 Å². The Bertz CT molecular complexity index is 534. The van der Waals surface area contributed by atoms with Crippen molar-refractivity contribution in [1.82, 2.24) is 0 Å². The van der Waals surface area contributed by atoms with Crippen molar-refractivity contribution in [3.63, 3.8) is 0 Å². The summed E-state index contributed by atoms with van der Waals surface area (Å²) in [4.78, 5) is 0. The van der Waals surface area contributed by atoms with Gasteiger partial charge in [-0.15, -0.1) is 12.4 Å². The summed E-state index contributed by atoms with van der Waals surface area (Å²) in [6, 6.07) is 5.59. The quantitative estimate of drug-likeness (QED) is 0.892. The van der Waals surface area contributed by atoms with Gasteiger partial charge in [-0.3, -0.25) is 0 Å². The molecule has 0 saturated heterocycles. The molecule has 0 fully saturated rings. The first-order valence-electron chi connectivity index (χ1n) is 5.36. The van der Waals surface area contributed by atoms with E-state index in [1.54, 1.807) is 25.6 Å². The lowest BCUT2D eigenvalue weighted by molar-refractivity contribution is 0.395. The predicted molar refractivity (Wildman–Crippen MR) is 84.8 cm³/mol. The van der Waals surface area contributed by atoms with Crippen LogP contribution < -0.4 is 15.2 Å². The highest BCUT2D eigenvalue weighted by molar-refractivity contribution is 9.10. The van der Waals surface area contributed by atoms with E-state index in [0.717, 1.165) is 27.1 Å². The smallest absolute Gasteiger partial charge is 0.133 e. The van der Waals surface area contributed by atoms with Crippen molar-refractivity contribution in [3.8, 4) is 11.5 Å². The Morgan fingerprint density at radius 2 is 1.89 bits per heavy atom. The molecule has 1 aromatic heterocycles. The van der Waals surface area contributed by atoms with Crippen LogP contribution in [0.25, 0.3) is 0 Å². The Labute approximate surface area is 131 Å². The van der Waals surface area contributed by atoms with E-state index in [0.29, 0.717) is 0 Å². The molecule has 1 heterocycles. The topological polar surface area (TPSA) is 44.5 Å². The lowest BCUT2D eigenvalue weighted by Gasteiger charge is -2.17. The van der Waals surface area contributed by atoms with E-state index in [1.165, 1.54) is 0 Å². The molecule has 2 rings (SSSR count). The number of hydrogen-bond donors (Lipinski definition) is 1. The van der Waals surface area contributed by atoms with E-state index >= 15 is 0 Å². The first kappa shape index (κ1) is 16.3. The van der Waals surface area contributed by atoms with Crippen molar-refractivity contribution in [2.75, 3.05) is 14.2 Å². The minimum absolute atomic E-state index is 0. The van der Waals surface area contributed by atoms with Crippen molar-refractivity contribution in [1.29, 1.82) is 0 Å². The fourth-order valence-corrected chi connectivity index (χ4v) is 2.94. The Hall–Kier alpha value is -0.750. The van der Waals surface area contributed by atoms with E-state index in [-0.39, 0.29) is 18.4 Å². The van der Waals surface area contributed by atoms with Gasteiger partial charge >= 0.3 is 0 Å². The number of halogens is 2. The van der Waals surface area contributed by atoms with Gasteiger partial charge in [0.2, 0.25) is 0 Å². The number of ether oxygens (including phenoxy) is 2. The third kappa shape index (κ3) is 3.42. The SMILES string of the molecule is COc1cc([C@H](N)c2ccsc2)c(OC)cc1Br.Cl. The van der Waals surface area contributed by atoms with Gasteiger partial charge in [0.05, 0.1) is 24.7 Å². The van der Waals surface area contributed by atoms with Gasteiger partial charge in [-0.05, 0) is 50.5 Å². The molecule has 2 N–H and O–H groups in total. The number of methoxy groups -OCH3 is 2. The van der Waals surface area contributed by atoms with Crippen LogP contribution in [-0.4, -0.2) is 14.2 Å². The maximum Gasteiger partial charge on any atom is 0.133 e. The number of rotatable bonds is 4. The van der Waals surface area contributed by atoms with Crippen molar-refractivity contribution < 1.29 is 9.47 Å². The molecule has 104 valence electrons. The Kier molecular flexibility index (Phi) is 6.13. The Morgan fingerprint density at radius 3 is 2.42 bits per heavy atom. The monoisotopic (exact) mass is 363 g/mol. The molecule has 0 radical (unpaired) electrons. The molecule has 0 unspecified atom stereocenters. The van der Waals surface area contributed by atoms with Crippen LogP contribution in [0, 0.1) is 0 Å². The molecule has 0 bridgehead atoms. The van der Waals surface area contributed by atoms with Gasteiger partial charge in [0.15, 0.2) is 0 Å². The molecule has 1 atom stereocenters. The highest BCUT2D eigenvalue weighted by Crippen LogP contribution is 2.37. The Morgan fingerprint density at radius 1 is 1.21 bits per heavy atom. The molecule has 2 aromatic rings. The first-order chi connectivity index (χ1) is 8.67. The van der Waals surface area contributed by atoms with Crippen molar-refractivity contribution in [3.05, 3.63) is 44.6 Å². The lowest BCUT2D eigenvalue weighted by atomic mass is 10.0. The number of thiophene rings is 1. The molecule has 0 saturated carbocycles. The molecule has 0 amide bonds. The summed E-state index contributed by atoms with van der Waals surface area (Å²) in [7, 11) is 3.27. The zero-order valence-corrected chi connectivity index (χ0v) is 13.8. The third-order valence-corrected chi connectivity index (χ3v) is 4.06. The van der Waals surface area contributed by atoms with Gasteiger partial charge in [0.25, 0.3) is 0 Å². The fourth-order valence-electron chi connectivity index (χ4n) is 1.76. The molecule has 0 aliphatic rings. The molecular weight excluding hydrogens is 350 g/mol. The molecule has 0 aliphatic carbocycles. The van der Waals surface area contributed by atoms with Crippen LogP contribution in [-0.2, 0) is 0 Å². The molecule has 1 aromatic carbocycles. The zero-order chi connectivity index (χ0) is 13.1. The first-order valence-corrected chi connectivity index (χ1v) is 7.10. The van der Waals surface area contributed by atoms with Crippen LogP contribution in [0.2, 0.25) is 0 Å². The third-order valence-electron chi connectivity index (χ3n) is 2.74. The molecular formula is C13H15BrClNO2S. The maximum absolute atomic E-state index is 6.27. The van der Waals surface area contributed by atoms with Crippen LogP contribution in [0.5, 0.6) is 11.5 Å². The maximum atomic E-state index is 6.27. The molecule has 6 heteroatoms. The summed E-state index contributed by atoms with van der Waals surface area (Å²) in [5.41, 5.74) is 8.25. The summed E-state index contributed by atoms with van der Waals surface area (Å²) >= 11 is 5.06. The van der Waals surface area contributed by atoms with Crippen LogP contribution in [0.15, 0.2) is 33.4 Å². The molecule has 0 aliphatic heterocycles. The number of nitrogens with two attached hydrogens (primary N) is 1. The summed E-state index contributed by atoms with van der Waals surface area (Å²) in [6.45, 7) is 0. The van der Waals surface area contributed by atoms with E-state index in [1.807, 2.05) is 29.0 Å². The second-order valence-corrected chi connectivity index (χ2v) is 5.40. The van der Waals surface area contributed by atoms with Gasteiger partial charge in [0.1, 0.15) is 11.5 Å². The van der Waals surface area contributed by atoms with Gasteiger partial charge in [-0.2, -0.15) is 11.3 Å². The Balaban J connectivity index is 0.00000180. The summed E-state index contributed by atoms with van der Waals surface area (Å²) < 4.78 is 11.5. The van der Waals surface area contributed by atoms with Crippen LogP contribution in [0.1, 0.15) is 17.2 Å². The van der Waals surface area contributed by atoms with E-state index in [2.05, 4.69) is 15.9 Å². The summed E-state index contributed by atoms with van der Waals surface area (Å²) in [5, 5.41) is 4.05. The van der Waals surface area contributed by atoms with E-state index < -0.39 is 0 Å². The van der Waals surface area contributed by atoms with Crippen LogP contribution in [0.3, 0.4) is 0 Å². The molecule has 19 heavy (non-hydrogen) atoms. The van der Waals surface area contributed by atoms with Crippen LogP contribution >= 0.6 is 39.7 Å². The highest BCUT2D eigenvalue weighted by Gasteiger charge is 2.17. The number of hydrogen-bond acceptors (Lipinski definition) is 4. The van der Waals surface area contributed by atoms with Gasteiger partial charge in [-0.1, -0.05) is 0 Å². The minimum Gasteiger partial charge on any atom is -0.496 e. The van der Waals surface area contributed by atoms with Gasteiger partial charge in [0, 0.05) is 5.56 Å². The lowest BCUT2D eigenvalue weighted by Crippen LogP contribution is -2.12. The standard InChI is InChI=1S/C13H14BrNO2S.ClH/c1-16-11-6-10(14)12(17-2)5-9(11)13(15)8-3-4-18-7-8;/h3-7,13H,15H2,1-2H3;1H/t13-;/m1./s1. The number of benzene rings is 1. The fraction of sp³-hybridized carbons (Fsp3) is 0.231. The van der Waals surface area contributed by atoms with E-state index in [9.17, 15) is 0 Å². The second kappa shape index (κ2) is 7.14. The average molecular weight is 365 g/mol. The average Bonchev–Trinajstić information content (AvgIpc) is 2.91. The molecule has 3 nitrogen and oxygen atoms in total. The zero-order valence-electron chi connectivity index (χ0n) is 10.6. The van der Waals surface area contributed by atoms with Crippen LogP contribution in [0.4, 0.5) is 0 Å². The predicted octanol–water partition coefficient (Wildman–Crippen LogP) is 4.00. The summed E-state index contributed by atoms with van der Waals surface area (Å²) in [5.74, 6) is 1.50. The van der Waals surface area contributed by atoms with Crippen molar-refractivity contribution >= 4 is 39.7 Å². The normalized spacial score (nSPS) is 11.6. The summed E-state index contributed by atoms with van der Waals surface area (Å²) in [6.07, 6.45) is 0. The van der Waals surface area contributed by atoms with Crippen molar-refractivity contribution in [2.24, 2.45) is 5.73 Å². The minimum atomic E-state index is -0.215. The molecule has 0 spiro atoms. The highest BCUT2D eigenvalue weighted by atomic mass is 79.9. The largest absolute Gasteiger partial charge is 0.496 e. The van der Waals surface area contributed by atoms with E-state index in [4.69, 9.17) is 15.2 Å². The van der Waals surface area contributed by atoms with Gasteiger partial charge in [-0.25, -0.2) is 0 Å². The second-order valence-electron chi connectivity index (χ2n) is 3.76.